The SMILES string of the molecule is Cc1cccc(NC(=O)NCCCCCCN)c1. The minimum atomic E-state index is -0.139. The van der Waals surface area contributed by atoms with E-state index >= 15 is 0 Å². The lowest BCUT2D eigenvalue weighted by Crippen LogP contribution is -2.29. The van der Waals surface area contributed by atoms with E-state index in [1.165, 1.54) is 0 Å². The van der Waals surface area contributed by atoms with Crippen LogP contribution in [0.3, 0.4) is 0 Å². The smallest absolute Gasteiger partial charge is 0.319 e. The standard InChI is InChI=1S/C14H23N3O/c1-12-7-6-8-13(11-12)17-14(18)16-10-5-3-2-4-9-15/h6-8,11H,2-5,9-10,15H2,1H3,(H2,16,17,18). The van der Waals surface area contributed by atoms with Gasteiger partial charge in [-0.1, -0.05) is 25.0 Å². The summed E-state index contributed by atoms with van der Waals surface area (Å²) in [5, 5.41) is 5.66. The van der Waals surface area contributed by atoms with Gasteiger partial charge >= 0.3 is 6.03 Å². The van der Waals surface area contributed by atoms with Gasteiger partial charge in [0.15, 0.2) is 0 Å². The van der Waals surface area contributed by atoms with Crippen LogP contribution < -0.4 is 16.4 Å². The fourth-order valence-electron chi connectivity index (χ4n) is 1.72. The van der Waals surface area contributed by atoms with Gasteiger partial charge in [-0.15, -0.1) is 0 Å². The third-order valence-electron chi connectivity index (χ3n) is 2.69. The number of nitrogens with two attached hydrogens (primary N) is 1. The second-order valence-electron chi connectivity index (χ2n) is 4.45. The molecule has 0 aliphatic carbocycles. The summed E-state index contributed by atoms with van der Waals surface area (Å²) >= 11 is 0. The van der Waals surface area contributed by atoms with Crippen LogP contribution in [0.1, 0.15) is 31.2 Å². The molecular formula is C14H23N3O. The Morgan fingerprint density at radius 2 is 2.00 bits per heavy atom. The molecule has 0 unspecified atom stereocenters. The van der Waals surface area contributed by atoms with Gasteiger partial charge in [0.1, 0.15) is 0 Å². The van der Waals surface area contributed by atoms with Crippen molar-refractivity contribution in [1.29, 1.82) is 0 Å². The fraction of sp³-hybridized carbons (Fsp3) is 0.500. The highest BCUT2D eigenvalue weighted by Gasteiger charge is 2.00. The molecule has 18 heavy (non-hydrogen) atoms. The Balaban J connectivity index is 2.14. The van der Waals surface area contributed by atoms with Crippen molar-refractivity contribution in [2.24, 2.45) is 5.73 Å². The number of anilines is 1. The van der Waals surface area contributed by atoms with E-state index in [2.05, 4.69) is 10.6 Å². The molecule has 0 spiro atoms. The Hall–Kier alpha value is -1.55. The molecule has 4 heteroatoms. The average Bonchev–Trinajstić information content (AvgIpc) is 2.33. The zero-order valence-corrected chi connectivity index (χ0v) is 11.0. The number of unbranched alkanes of at least 4 members (excludes halogenated alkanes) is 3. The number of urea groups is 1. The molecule has 100 valence electrons. The first-order valence-corrected chi connectivity index (χ1v) is 6.54. The molecule has 0 heterocycles. The largest absolute Gasteiger partial charge is 0.338 e. The monoisotopic (exact) mass is 249 g/mol. The van der Waals surface area contributed by atoms with Gasteiger partial charge in [0.05, 0.1) is 0 Å². The van der Waals surface area contributed by atoms with Crippen LogP contribution in [-0.2, 0) is 0 Å². The lowest BCUT2D eigenvalue weighted by atomic mass is 10.2. The number of nitrogens with one attached hydrogen (secondary N) is 2. The number of hydrogen-bond donors (Lipinski definition) is 3. The van der Waals surface area contributed by atoms with Crippen LogP contribution in [0, 0.1) is 6.92 Å². The molecule has 0 radical (unpaired) electrons. The molecule has 4 nitrogen and oxygen atoms in total. The first-order valence-electron chi connectivity index (χ1n) is 6.54. The summed E-state index contributed by atoms with van der Waals surface area (Å²) in [7, 11) is 0. The van der Waals surface area contributed by atoms with Gasteiger partial charge in [0, 0.05) is 12.2 Å². The molecule has 1 rings (SSSR count). The number of benzene rings is 1. The van der Waals surface area contributed by atoms with Gasteiger partial charge in [-0.3, -0.25) is 0 Å². The summed E-state index contributed by atoms with van der Waals surface area (Å²) in [5.41, 5.74) is 7.37. The van der Waals surface area contributed by atoms with Crippen molar-refractivity contribution in [3.8, 4) is 0 Å². The topological polar surface area (TPSA) is 67.2 Å². The van der Waals surface area contributed by atoms with Gasteiger partial charge in [-0.25, -0.2) is 4.79 Å². The Morgan fingerprint density at radius 3 is 2.72 bits per heavy atom. The van der Waals surface area contributed by atoms with Crippen LogP contribution in [0.5, 0.6) is 0 Å². The number of amides is 2. The number of carbonyl (C=O) groups is 1. The predicted octanol–water partition coefficient (Wildman–Crippen LogP) is 2.64. The highest BCUT2D eigenvalue weighted by atomic mass is 16.2. The molecule has 0 saturated heterocycles. The zero-order valence-electron chi connectivity index (χ0n) is 11.0. The summed E-state index contributed by atoms with van der Waals surface area (Å²) < 4.78 is 0. The van der Waals surface area contributed by atoms with E-state index in [-0.39, 0.29) is 6.03 Å². The molecule has 1 aromatic rings. The van der Waals surface area contributed by atoms with Crippen molar-refractivity contribution in [1.82, 2.24) is 5.32 Å². The molecule has 0 bridgehead atoms. The van der Waals surface area contributed by atoms with Crippen LogP contribution in [0.15, 0.2) is 24.3 Å². The molecule has 0 aliphatic heterocycles. The van der Waals surface area contributed by atoms with Gasteiger partial charge in [0.25, 0.3) is 0 Å². The fourth-order valence-corrected chi connectivity index (χ4v) is 1.72. The maximum atomic E-state index is 11.6. The Morgan fingerprint density at radius 1 is 1.22 bits per heavy atom. The molecular weight excluding hydrogens is 226 g/mol. The van der Waals surface area contributed by atoms with Crippen LogP contribution in [0.2, 0.25) is 0 Å². The number of aryl methyl sites for hydroxylation is 1. The van der Waals surface area contributed by atoms with E-state index in [4.69, 9.17) is 5.73 Å². The van der Waals surface area contributed by atoms with Gasteiger partial charge in [-0.2, -0.15) is 0 Å². The lowest BCUT2D eigenvalue weighted by molar-refractivity contribution is 0.252. The second kappa shape index (κ2) is 8.53. The summed E-state index contributed by atoms with van der Waals surface area (Å²) in [6.45, 7) is 3.46. The van der Waals surface area contributed by atoms with Crippen LogP contribution >= 0.6 is 0 Å². The first kappa shape index (κ1) is 14.5. The summed E-state index contributed by atoms with van der Waals surface area (Å²) in [6, 6.07) is 7.62. The van der Waals surface area contributed by atoms with E-state index < -0.39 is 0 Å². The van der Waals surface area contributed by atoms with Crippen molar-refractivity contribution in [2.45, 2.75) is 32.6 Å². The molecule has 0 fully saturated rings. The van der Waals surface area contributed by atoms with Gasteiger partial charge in [-0.05, 0) is 44.0 Å². The Labute approximate surface area is 109 Å². The van der Waals surface area contributed by atoms with Crippen LogP contribution in [0.4, 0.5) is 10.5 Å². The molecule has 1 aromatic carbocycles. The van der Waals surface area contributed by atoms with Crippen molar-refractivity contribution >= 4 is 11.7 Å². The van der Waals surface area contributed by atoms with E-state index in [0.29, 0.717) is 6.54 Å². The molecule has 2 amide bonds. The van der Waals surface area contributed by atoms with E-state index in [1.54, 1.807) is 0 Å². The Bertz CT molecular complexity index is 366. The quantitative estimate of drug-likeness (QED) is 0.650. The Kier molecular flexibility index (Phi) is 6.87. The summed E-state index contributed by atoms with van der Waals surface area (Å²) in [5.74, 6) is 0. The number of hydrogen-bond acceptors (Lipinski definition) is 2. The van der Waals surface area contributed by atoms with Crippen molar-refractivity contribution in [3.63, 3.8) is 0 Å². The zero-order chi connectivity index (χ0) is 13.2. The first-order chi connectivity index (χ1) is 8.72. The minimum absolute atomic E-state index is 0.139. The van der Waals surface area contributed by atoms with Crippen molar-refractivity contribution in [3.05, 3.63) is 29.8 Å². The van der Waals surface area contributed by atoms with E-state index in [0.717, 1.165) is 43.5 Å². The van der Waals surface area contributed by atoms with Crippen LogP contribution in [0.25, 0.3) is 0 Å². The molecule has 0 saturated carbocycles. The highest BCUT2D eigenvalue weighted by Crippen LogP contribution is 2.08. The second-order valence-corrected chi connectivity index (χ2v) is 4.45. The van der Waals surface area contributed by atoms with E-state index in [1.807, 2.05) is 31.2 Å². The van der Waals surface area contributed by atoms with Gasteiger partial charge < -0.3 is 16.4 Å². The van der Waals surface area contributed by atoms with Crippen LogP contribution in [-0.4, -0.2) is 19.1 Å². The third-order valence-corrected chi connectivity index (χ3v) is 2.69. The number of carbonyl (C=O) groups excluding carboxylic acids is 1. The lowest BCUT2D eigenvalue weighted by Gasteiger charge is -2.08. The minimum Gasteiger partial charge on any atom is -0.338 e. The maximum absolute atomic E-state index is 11.6. The molecule has 0 atom stereocenters. The molecule has 0 aromatic heterocycles. The van der Waals surface area contributed by atoms with Crippen molar-refractivity contribution in [2.75, 3.05) is 18.4 Å². The third kappa shape index (κ3) is 6.25. The predicted molar refractivity (Wildman–Crippen MR) is 75.7 cm³/mol. The summed E-state index contributed by atoms with van der Waals surface area (Å²) in [4.78, 5) is 11.6. The summed E-state index contributed by atoms with van der Waals surface area (Å²) in [6.07, 6.45) is 4.32. The van der Waals surface area contributed by atoms with Gasteiger partial charge in [0.2, 0.25) is 0 Å². The molecule has 4 N–H and O–H groups in total. The van der Waals surface area contributed by atoms with E-state index in [9.17, 15) is 4.79 Å². The average molecular weight is 249 g/mol. The highest BCUT2D eigenvalue weighted by molar-refractivity contribution is 5.89. The maximum Gasteiger partial charge on any atom is 0.319 e. The normalized spacial score (nSPS) is 10.1. The van der Waals surface area contributed by atoms with Crippen molar-refractivity contribution < 1.29 is 4.79 Å². The molecule has 0 aliphatic rings. The number of rotatable bonds is 7.